The number of thiazole rings is 1. The highest BCUT2D eigenvalue weighted by Crippen LogP contribution is 2.40. The van der Waals surface area contributed by atoms with Crippen LogP contribution in [-0.4, -0.2) is 83.0 Å². The maximum Gasteiger partial charge on any atom is 0.352 e. The monoisotopic (exact) mass is 649 g/mol. The Morgan fingerprint density at radius 1 is 1.28 bits per heavy atom. The predicted molar refractivity (Wildman–Crippen MR) is 153 cm³/mol. The van der Waals surface area contributed by atoms with Crippen molar-refractivity contribution in [3.63, 3.8) is 0 Å². The molecule has 0 aliphatic carbocycles. The summed E-state index contributed by atoms with van der Waals surface area (Å²) in [5, 5.41) is 45.3. The lowest BCUT2D eigenvalue weighted by Crippen LogP contribution is -2.71. The Morgan fingerprint density at radius 3 is 2.60 bits per heavy atom. The summed E-state index contributed by atoms with van der Waals surface area (Å²) in [6, 6.07) is 3.33. The first-order chi connectivity index (χ1) is 20.3. The van der Waals surface area contributed by atoms with E-state index in [4.69, 9.17) is 27.3 Å². The molecule has 0 radical (unpaired) electrons. The van der Waals surface area contributed by atoms with Gasteiger partial charge in [-0.3, -0.25) is 14.5 Å². The molecule has 1 unspecified atom stereocenters. The number of halogens is 1. The smallest absolute Gasteiger partial charge is 0.352 e. The molecular formula is C25H22ClN6O9S2+. The minimum Gasteiger partial charge on any atom is -0.504 e. The van der Waals surface area contributed by atoms with E-state index >= 15 is 0 Å². The molecule has 43 heavy (non-hydrogen) atoms. The van der Waals surface area contributed by atoms with Gasteiger partial charge in [-0.2, -0.15) is 0 Å². The number of nitrogens with one attached hydrogen (secondary N) is 1. The van der Waals surface area contributed by atoms with E-state index in [0.29, 0.717) is 16.3 Å². The van der Waals surface area contributed by atoms with Crippen LogP contribution in [0.25, 0.3) is 10.8 Å². The molecular weight excluding hydrogens is 628 g/mol. The number of oxime groups is 1. The number of benzene rings is 1. The molecule has 1 aromatic carbocycles. The summed E-state index contributed by atoms with van der Waals surface area (Å²) in [6.45, 7) is 1.30. The Hall–Kier alpha value is -4.61. The van der Waals surface area contributed by atoms with Gasteiger partial charge in [-0.05, 0) is 24.4 Å². The fourth-order valence-electron chi connectivity index (χ4n) is 4.43. The standard InChI is InChI=1S/C25H21ClN6O9S2/c1-9(23(37)38)41-30-16(15-19(26)43-25(27)29-15)20(35)28-17-21(36)32-18(24(39)40)12(8-42-22(17)32)7-31-3-2-10-4-13(33)14(34)5-11(10)6-31/h2-6,9,17,22H,7-8H2,1H3,(H6,27,28,29,34,35,37,38,39,40)/p+1/t9-,17+,22?/m0/s1. The number of nitrogens with two attached hydrogens (primary N) is 1. The molecule has 18 heteroatoms. The van der Waals surface area contributed by atoms with Crippen LogP contribution in [0, 0.1) is 0 Å². The Morgan fingerprint density at radius 2 is 1.98 bits per heavy atom. The fraction of sp³-hybridized carbons (Fsp3) is 0.240. The number of anilines is 1. The van der Waals surface area contributed by atoms with E-state index < -0.39 is 47.0 Å². The molecule has 3 aromatic rings. The number of rotatable bonds is 9. The second kappa shape index (κ2) is 11.6. The molecule has 2 amide bonds. The number of aromatic hydroxyl groups is 2. The number of β-lactam (4-membered cyclic amide) rings is 1. The largest absolute Gasteiger partial charge is 0.504 e. The van der Waals surface area contributed by atoms with E-state index in [-0.39, 0.29) is 44.7 Å². The molecule has 5 rings (SSSR count). The fourth-order valence-corrected chi connectivity index (χ4v) is 6.69. The summed E-state index contributed by atoms with van der Waals surface area (Å²) in [5.41, 5.74) is 5.20. The Labute approximate surface area is 254 Å². The first kappa shape index (κ1) is 29.9. The van der Waals surface area contributed by atoms with Gasteiger partial charge in [-0.1, -0.05) is 28.1 Å². The van der Waals surface area contributed by atoms with Crippen molar-refractivity contribution in [3.05, 3.63) is 51.9 Å². The first-order valence-electron chi connectivity index (χ1n) is 12.3. The van der Waals surface area contributed by atoms with Crippen LogP contribution in [0.4, 0.5) is 5.13 Å². The number of aromatic nitrogens is 2. The lowest BCUT2D eigenvalue weighted by atomic mass is 10.0. The lowest BCUT2D eigenvalue weighted by Gasteiger charge is -2.49. The highest BCUT2D eigenvalue weighted by Gasteiger charge is 2.55. The number of amides is 2. The number of fused-ring (bicyclic) bond motifs is 2. The minimum atomic E-state index is -1.42. The van der Waals surface area contributed by atoms with Crippen LogP contribution < -0.4 is 15.6 Å². The van der Waals surface area contributed by atoms with Crippen LogP contribution in [0.1, 0.15) is 12.6 Å². The molecule has 1 saturated heterocycles. The second-order valence-electron chi connectivity index (χ2n) is 9.41. The third kappa shape index (κ3) is 5.73. The quantitative estimate of drug-likeness (QED) is 0.0623. The van der Waals surface area contributed by atoms with Crippen molar-refractivity contribution in [2.45, 2.75) is 31.0 Å². The zero-order chi connectivity index (χ0) is 31.2. The van der Waals surface area contributed by atoms with Gasteiger partial charge in [-0.25, -0.2) is 19.1 Å². The Bertz CT molecular complexity index is 1760. The summed E-state index contributed by atoms with van der Waals surface area (Å²) in [6.07, 6.45) is 1.92. The van der Waals surface area contributed by atoms with E-state index in [1.54, 1.807) is 23.0 Å². The number of carbonyl (C=O) groups excluding carboxylic acids is 2. The van der Waals surface area contributed by atoms with Gasteiger partial charge in [0.15, 0.2) is 41.3 Å². The number of hydrogen-bond donors (Lipinski definition) is 6. The number of carboxylic acid groups (broad SMARTS) is 2. The minimum absolute atomic E-state index is 0.00325. The van der Waals surface area contributed by atoms with E-state index in [0.717, 1.165) is 16.2 Å². The summed E-state index contributed by atoms with van der Waals surface area (Å²) >= 11 is 8.21. The number of pyridine rings is 1. The number of hydrogen-bond acceptors (Lipinski definition) is 12. The van der Waals surface area contributed by atoms with Gasteiger partial charge in [0.05, 0.1) is 0 Å². The average Bonchev–Trinajstić information content (AvgIpc) is 3.28. The molecule has 4 heterocycles. The summed E-state index contributed by atoms with van der Waals surface area (Å²) in [4.78, 5) is 59.9. The van der Waals surface area contributed by atoms with Crippen LogP contribution in [-0.2, 0) is 30.6 Å². The molecule has 224 valence electrons. The molecule has 15 nitrogen and oxygen atoms in total. The normalized spacial score (nSPS) is 19.1. The highest BCUT2D eigenvalue weighted by atomic mass is 35.5. The zero-order valence-corrected chi connectivity index (χ0v) is 24.3. The summed E-state index contributed by atoms with van der Waals surface area (Å²) < 4.78 is 1.66. The van der Waals surface area contributed by atoms with Gasteiger partial charge in [0.2, 0.25) is 6.10 Å². The maximum absolute atomic E-state index is 13.2. The van der Waals surface area contributed by atoms with Crippen LogP contribution in [0.15, 0.2) is 47.0 Å². The molecule has 7 N–H and O–H groups in total. The summed E-state index contributed by atoms with van der Waals surface area (Å²) in [7, 11) is 0. The number of phenolic OH excluding ortho intramolecular Hbond substituents is 2. The molecule has 2 aliphatic heterocycles. The number of nitrogens with zero attached hydrogens (tertiary/aromatic N) is 4. The second-order valence-corrected chi connectivity index (χ2v) is 12.1. The third-order valence-corrected chi connectivity index (χ3v) is 8.96. The van der Waals surface area contributed by atoms with Gasteiger partial charge in [0, 0.05) is 22.8 Å². The van der Waals surface area contributed by atoms with E-state index in [1.807, 2.05) is 0 Å². The molecule has 0 bridgehead atoms. The van der Waals surface area contributed by atoms with Crippen LogP contribution >= 0.6 is 34.7 Å². The van der Waals surface area contributed by atoms with Crippen molar-refractivity contribution in [3.8, 4) is 11.5 Å². The van der Waals surface area contributed by atoms with E-state index in [9.17, 15) is 34.5 Å². The van der Waals surface area contributed by atoms with Gasteiger partial charge >= 0.3 is 11.9 Å². The number of carboxylic acids is 2. The van der Waals surface area contributed by atoms with E-state index in [2.05, 4.69) is 15.5 Å². The number of aliphatic carboxylic acids is 2. The molecule has 3 atom stereocenters. The topological polar surface area (TPSA) is 229 Å². The Kier molecular flexibility index (Phi) is 8.04. The van der Waals surface area contributed by atoms with E-state index in [1.165, 1.54) is 30.8 Å². The van der Waals surface area contributed by atoms with Crippen molar-refractivity contribution >= 4 is 80.1 Å². The number of phenols is 2. The van der Waals surface area contributed by atoms with Gasteiger partial charge in [0.1, 0.15) is 27.1 Å². The maximum atomic E-state index is 13.2. The predicted octanol–water partition coefficient (Wildman–Crippen LogP) is 0.863. The summed E-state index contributed by atoms with van der Waals surface area (Å²) in [5.74, 6) is -4.69. The van der Waals surface area contributed by atoms with Crippen molar-refractivity contribution in [2.75, 3.05) is 11.5 Å². The number of thioether (sulfide) groups is 1. The molecule has 1 fully saturated rings. The lowest BCUT2D eigenvalue weighted by molar-refractivity contribution is -0.687. The third-order valence-electron chi connectivity index (χ3n) is 6.53. The van der Waals surface area contributed by atoms with Crippen molar-refractivity contribution in [1.82, 2.24) is 15.2 Å². The number of nitrogen functional groups attached to an aromatic ring is 1. The molecule has 2 aromatic heterocycles. The zero-order valence-electron chi connectivity index (χ0n) is 21.9. The molecule has 0 spiro atoms. The van der Waals surface area contributed by atoms with Gasteiger partial charge < -0.3 is 36.3 Å². The Balaban J connectivity index is 1.37. The molecule has 2 aliphatic rings. The molecule has 0 saturated carbocycles. The highest BCUT2D eigenvalue weighted by molar-refractivity contribution is 8.00. The van der Waals surface area contributed by atoms with Gasteiger partial charge in [0.25, 0.3) is 11.8 Å². The van der Waals surface area contributed by atoms with Gasteiger partial charge in [-0.15, -0.1) is 11.8 Å². The number of carbonyl (C=O) groups is 4. The average molecular weight is 650 g/mol. The van der Waals surface area contributed by atoms with Crippen LogP contribution in [0.5, 0.6) is 11.5 Å². The first-order valence-corrected chi connectivity index (χ1v) is 14.5. The van der Waals surface area contributed by atoms with Crippen LogP contribution in [0.3, 0.4) is 0 Å². The van der Waals surface area contributed by atoms with Crippen molar-refractivity contribution in [1.29, 1.82) is 0 Å². The van der Waals surface area contributed by atoms with Crippen LogP contribution in [0.2, 0.25) is 4.34 Å². The van der Waals surface area contributed by atoms with Crippen molar-refractivity contribution in [2.24, 2.45) is 5.16 Å². The SMILES string of the molecule is C[C@H](ON=C(C(=O)N[C@@H]1C(=O)N2C(C(=O)O)=C(C[n+]3ccc4cc(O)c(O)cc4c3)CSC12)c1nc(N)sc1Cl)C(=O)O. The van der Waals surface area contributed by atoms with Crippen molar-refractivity contribution < 1.29 is 49.0 Å².